The molecule has 0 aromatic carbocycles. The molecule has 66 heavy (non-hydrogen) atoms. The Morgan fingerprint density at radius 3 is 1.24 bits per heavy atom. The average molecular weight is 964 g/mol. The molecular weight excluding hydrogens is 862 g/mol. The molecular formula is C52H102NO12P. The summed E-state index contributed by atoms with van der Waals surface area (Å²) in [5.74, 6) is -0.587. The van der Waals surface area contributed by atoms with Gasteiger partial charge in [0, 0.05) is 0 Å². The van der Waals surface area contributed by atoms with Gasteiger partial charge in [0.1, 0.15) is 36.6 Å². The van der Waals surface area contributed by atoms with Gasteiger partial charge in [-0.3, -0.25) is 13.8 Å². The highest BCUT2D eigenvalue weighted by molar-refractivity contribution is 7.47. The van der Waals surface area contributed by atoms with Gasteiger partial charge in [0.25, 0.3) is 0 Å². The van der Waals surface area contributed by atoms with Crippen LogP contribution < -0.4 is 5.32 Å². The predicted molar refractivity (Wildman–Crippen MR) is 266 cm³/mol. The van der Waals surface area contributed by atoms with Crippen molar-refractivity contribution in [2.24, 2.45) is 0 Å². The van der Waals surface area contributed by atoms with Crippen LogP contribution in [-0.4, -0.2) is 108 Å². The monoisotopic (exact) mass is 964 g/mol. The predicted octanol–water partition coefficient (Wildman–Crippen LogP) is 10.5. The van der Waals surface area contributed by atoms with Crippen molar-refractivity contribution in [1.29, 1.82) is 0 Å². The molecule has 0 aromatic heterocycles. The SMILES string of the molecule is CCCCCCCCCCCCCCCCCC/C=C/C(O)C(COP(=O)(O)OC1C(O)C(O)C(O)C(O)C1O)NC(=O)CC(O)CCCCCCCCCCCCCCCCCCCC. The lowest BCUT2D eigenvalue weighted by molar-refractivity contribution is -0.220. The molecule has 8 unspecified atom stereocenters. The van der Waals surface area contributed by atoms with E-state index in [-0.39, 0.29) is 6.42 Å². The molecule has 392 valence electrons. The second-order valence-electron chi connectivity index (χ2n) is 19.6. The minimum atomic E-state index is -5.14. The van der Waals surface area contributed by atoms with Gasteiger partial charge in [-0.25, -0.2) is 4.57 Å². The van der Waals surface area contributed by atoms with E-state index in [9.17, 15) is 50.0 Å². The third kappa shape index (κ3) is 32.8. The van der Waals surface area contributed by atoms with Gasteiger partial charge in [-0.1, -0.05) is 238 Å². The van der Waals surface area contributed by atoms with Crippen molar-refractivity contribution in [3.05, 3.63) is 12.2 Å². The summed E-state index contributed by atoms with van der Waals surface area (Å²) in [7, 11) is -5.14. The maximum atomic E-state index is 13.1. The van der Waals surface area contributed by atoms with Crippen molar-refractivity contribution < 1.29 is 59.0 Å². The Morgan fingerprint density at radius 2 is 0.864 bits per heavy atom. The molecule has 0 bridgehead atoms. The lowest BCUT2D eigenvalue weighted by Crippen LogP contribution is -2.64. The van der Waals surface area contributed by atoms with Crippen LogP contribution >= 0.6 is 7.82 Å². The highest BCUT2D eigenvalue weighted by Gasteiger charge is 2.51. The van der Waals surface area contributed by atoms with E-state index in [4.69, 9.17) is 9.05 Å². The number of unbranched alkanes of at least 4 members (excludes halogenated alkanes) is 33. The number of amides is 1. The first-order chi connectivity index (χ1) is 31.8. The third-order valence-corrected chi connectivity index (χ3v) is 14.4. The van der Waals surface area contributed by atoms with Gasteiger partial charge in [-0.2, -0.15) is 0 Å². The second-order valence-corrected chi connectivity index (χ2v) is 21.0. The van der Waals surface area contributed by atoms with Crippen molar-refractivity contribution in [3.63, 3.8) is 0 Å². The van der Waals surface area contributed by atoms with Gasteiger partial charge in [-0.15, -0.1) is 0 Å². The molecule has 0 aromatic rings. The van der Waals surface area contributed by atoms with Crippen LogP contribution in [0.1, 0.15) is 251 Å². The van der Waals surface area contributed by atoms with E-state index in [0.29, 0.717) is 12.8 Å². The van der Waals surface area contributed by atoms with Crippen molar-refractivity contribution >= 4 is 13.7 Å². The second kappa shape index (κ2) is 41.8. The van der Waals surface area contributed by atoms with E-state index in [0.717, 1.165) is 44.9 Å². The summed E-state index contributed by atoms with van der Waals surface area (Å²) >= 11 is 0. The van der Waals surface area contributed by atoms with Gasteiger partial charge in [0.2, 0.25) is 5.91 Å². The van der Waals surface area contributed by atoms with Gasteiger partial charge in [0.05, 0.1) is 31.3 Å². The molecule has 0 radical (unpaired) electrons. The van der Waals surface area contributed by atoms with Gasteiger partial charge in [-0.05, 0) is 19.3 Å². The number of carbonyl (C=O) groups excluding carboxylic acids is 1. The number of hydrogen-bond donors (Lipinski definition) is 9. The van der Waals surface area contributed by atoms with Crippen molar-refractivity contribution in [2.45, 2.75) is 306 Å². The number of nitrogens with one attached hydrogen (secondary N) is 1. The van der Waals surface area contributed by atoms with E-state index in [1.807, 2.05) is 0 Å². The topological polar surface area (TPSA) is 226 Å². The Balaban J connectivity index is 2.45. The molecule has 0 aliphatic heterocycles. The summed E-state index contributed by atoms with van der Waals surface area (Å²) in [5, 5.41) is 74.8. The molecule has 13 nitrogen and oxygen atoms in total. The van der Waals surface area contributed by atoms with E-state index in [2.05, 4.69) is 19.2 Å². The zero-order valence-corrected chi connectivity index (χ0v) is 42.8. The molecule has 1 fully saturated rings. The molecule has 1 amide bonds. The molecule has 1 aliphatic carbocycles. The zero-order chi connectivity index (χ0) is 48.7. The third-order valence-electron chi connectivity index (χ3n) is 13.4. The Bertz CT molecular complexity index is 1180. The van der Waals surface area contributed by atoms with Crippen LogP contribution in [0.15, 0.2) is 12.2 Å². The van der Waals surface area contributed by atoms with Crippen LogP contribution in [0, 0.1) is 0 Å². The summed E-state index contributed by atoms with van der Waals surface area (Å²) in [4.78, 5) is 23.5. The molecule has 14 heteroatoms. The number of allylic oxidation sites excluding steroid dienone is 1. The minimum Gasteiger partial charge on any atom is -0.393 e. The quantitative estimate of drug-likeness (QED) is 0.0158. The van der Waals surface area contributed by atoms with Crippen molar-refractivity contribution in [3.8, 4) is 0 Å². The highest BCUT2D eigenvalue weighted by Crippen LogP contribution is 2.47. The van der Waals surface area contributed by atoms with Gasteiger partial charge >= 0.3 is 7.82 Å². The maximum Gasteiger partial charge on any atom is 0.472 e. The maximum absolute atomic E-state index is 13.1. The highest BCUT2D eigenvalue weighted by atomic mass is 31.2. The fourth-order valence-electron chi connectivity index (χ4n) is 8.95. The number of phosphoric acid groups is 1. The van der Waals surface area contributed by atoms with E-state index >= 15 is 0 Å². The largest absolute Gasteiger partial charge is 0.472 e. The van der Waals surface area contributed by atoms with Crippen LogP contribution in [0.25, 0.3) is 0 Å². The van der Waals surface area contributed by atoms with Crippen LogP contribution in [0.3, 0.4) is 0 Å². The first-order valence-electron chi connectivity index (χ1n) is 27.2. The number of hydrogen-bond acceptors (Lipinski definition) is 11. The van der Waals surface area contributed by atoms with Gasteiger partial charge in [0.15, 0.2) is 0 Å². The Kier molecular flexibility index (Phi) is 39.9. The smallest absolute Gasteiger partial charge is 0.393 e. The first-order valence-corrected chi connectivity index (χ1v) is 28.7. The zero-order valence-electron chi connectivity index (χ0n) is 41.9. The molecule has 9 N–H and O–H groups in total. The summed E-state index contributed by atoms with van der Waals surface area (Å²) in [6.07, 6.45) is 32.9. The number of aliphatic hydroxyl groups excluding tert-OH is 7. The summed E-state index contributed by atoms with van der Waals surface area (Å²) < 4.78 is 23.0. The average Bonchev–Trinajstić information content (AvgIpc) is 3.29. The van der Waals surface area contributed by atoms with E-state index in [1.165, 1.54) is 179 Å². The number of rotatable bonds is 46. The fourth-order valence-corrected chi connectivity index (χ4v) is 9.92. The van der Waals surface area contributed by atoms with E-state index < -0.39 is 75.2 Å². The molecule has 0 heterocycles. The fraction of sp³-hybridized carbons (Fsp3) is 0.942. The molecule has 0 saturated heterocycles. The lowest BCUT2D eigenvalue weighted by atomic mass is 9.85. The summed E-state index contributed by atoms with van der Waals surface area (Å²) in [6, 6.07) is -1.24. The van der Waals surface area contributed by atoms with Crippen LogP contribution in [0.5, 0.6) is 0 Å². The normalized spacial score (nSPS) is 22.4. The van der Waals surface area contributed by atoms with Gasteiger partial charge < -0.3 is 46.0 Å². The Hall–Kier alpha value is -0.960. The molecule has 8 atom stereocenters. The Labute approximate surface area is 401 Å². The standard InChI is InChI=1S/C52H102NO12P/c1-3-5-7-9-11-13-15-17-19-21-23-25-27-29-31-33-35-37-39-43(54)41-46(56)53-44(42-64-66(62,63)65-52-50(60)48(58)47(57)49(59)51(52)61)45(55)40-38-36-34-32-30-28-26-24-22-20-18-16-14-12-10-8-6-4-2/h38,40,43-45,47-52,54-55,57-61H,3-37,39,41-42H2,1-2H3,(H,53,56)(H,62,63)/b40-38+. The summed E-state index contributed by atoms with van der Waals surface area (Å²) in [5.41, 5.74) is 0. The molecule has 0 spiro atoms. The lowest BCUT2D eigenvalue weighted by Gasteiger charge is -2.41. The van der Waals surface area contributed by atoms with E-state index in [1.54, 1.807) is 6.08 Å². The van der Waals surface area contributed by atoms with Crippen LogP contribution in [0.4, 0.5) is 0 Å². The van der Waals surface area contributed by atoms with Crippen molar-refractivity contribution in [2.75, 3.05) is 6.61 Å². The van der Waals surface area contributed by atoms with Crippen LogP contribution in [-0.2, 0) is 18.4 Å². The minimum absolute atomic E-state index is 0.239. The Morgan fingerprint density at radius 1 is 0.530 bits per heavy atom. The molecule has 1 rings (SSSR count). The van der Waals surface area contributed by atoms with Crippen LogP contribution in [0.2, 0.25) is 0 Å². The number of aliphatic hydroxyl groups is 7. The molecule has 1 saturated carbocycles. The number of carbonyl (C=O) groups is 1. The molecule has 1 aliphatic rings. The first kappa shape index (κ1) is 63.1. The summed E-state index contributed by atoms with van der Waals surface area (Å²) in [6.45, 7) is 3.78. The van der Waals surface area contributed by atoms with Crippen molar-refractivity contribution in [1.82, 2.24) is 5.32 Å². The number of phosphoric ester groups is 1.